The average Bonchev–Trinajstić information content (AvgIpc) is 2.95. The van der Waals surface area contributed by atoms with Crippen molar-refractivity contribution in [2.45, 2.75) is 26.9 Å². The number of urea groups is 1. The highest BCUT2D eigenvalue weighted by Crippen LogP contribution is 2.16. The fourth-order valence-corrected chi connectivity index (χ4v) is 2.23. The van der Waals surface area contributed by atoms with Crippen molar-refractivity contribution < 1.29 is 9.53 Å². The number of anilines is 1. The van der Waals surface area contributed by atoms with Gasteiger partial charge in [-0.1, -0.05) is 17.7 Å². The molecule has 0 radical (unpaired) electrons. The zero-order valence-corrected chi connectivity index (χ0v) is 14.0. The topological polar surface area (TPSA) is 72.3 Å². The van der Waals surface area contributed by atoms with Crippen LogP contribution in [0.25, 0.3) is 0 Å². The third-order valence-corrected chi connectivity index (χ3v) is 3.58. The number of hydrogen-bond donors (Lipinski definition) is 1. The Bertz CT molecular complexity index is 668. The first-order valence-electron chi connectivity index (χ1n) is 7.46. The highest BCUT2D eigenvalue weighted by atomic mass is 16.5. The molecule has 0 saturated carbocycles. The lowest BCUT2D eigenvalue weighted by Gasteiger charge is -2.19. The van der Waals surface area contributed by atoms with Crippen molar-refractivity contribution in [3.8, 4) is 0 Å². The van der Waals surface area contributed by atoms with Gasteiger partial charge >= 0.3 is 6.03 Å². The third-order valence-electron chi connectivity index (χ3n) is 3.58. The molecule has 0 atom stereocenters. The molecule has 1 heterocycles. The molecule has 2 aromatic rings. The van der Waals surface area contributed by atoms with Crippen molar-refractivity contribution in [3.05, 3.63) is 41.5 Å². The van der Waals surface area contributed by atoms with E-state index in [0.29, 0.717) is 19.7 Å². The van der Waals surface area contributed by atoms with Gasteiger partial charge in [0.05, 0.1) is 13.2 Å². The number of nitrogens with zero attached hydrogens (tertiary/aromatic N) is 4. The van der Waals surface area contributed by atoms with Crippen LogP contribution in [0.2, 0.25) is 0 Å². The first-order chi connectivity index (χ1) is 11.0. The molecule has 1 N–H and O–H groups in total. The second-order valence-electron chi connectivity index (χ2n) is 5.54. The fourth-order valence-electron chi connectivity index (χ4n) is 2.23. The van der Waals surface area contributed by atoms with E-state index in [1.54, 1.807) is 25.4 Å². The summed E-state index contributed by atoms with van der Waals surface area (Å²) in [5.41, 5.74) is 3.02. The number of amides is 2. The number of aromatic nitrogens is 3. The van der Waals surface area contributed by atoms with Gasteiger partial charge in [-0.2, -0.15) is 0 Å². The van der Waals surface area contributed by atoms with Crippen LogP contribution in [0.4, 0.5) is 10.5 Å². The lowest BCUT2D eigenvalue weighted by Crippen LogP contribution is -2.32. The van der Waals surface area contributed by atoms with E-state index in [1.165, 1.54) is 5.56 Å². The molecule has 1 aromatic heterocycles. The zero-order valence-electron chi connectivity index (χ0n) is 14.0. The normalized spacial score (nSPS) is 10.6. The minimum atomic E-state index is -0.182. The van der Waals surface area contributed by atoms with E-state index >= 15 is 0 Å². The molecule has 0 spiro atoms. The van der Waals surface area contributed by atoms with Crippen molar-refractivity contribution >= 4 is 11.7 Å². The van der Waals surface area contributed by atoms with E-state index in [2.05, 4.69) is 15.5 Å². The van der Waals surface area contributed by atoms with E-state index < -0.39 is 0 Å². The van der Waals surface area contributed by atoms with E-state index in [9.17, 15) is 4.79 Å². The van der Waals surface area contributed by atoms with Gasteiger partial charge in [0.2, 0.25) is 0 Å². The maximum atomic E-state index is 12.3. The van der Waals surface area contributed by atoms with Gasteiger partial charge in [0.25, 0.3) is 0 Å². The van der Waals surface area contributed by atoms with Crippen molar-refractivity contribution in [1.29, 1.82) is 0 Å². The maximum absolute atomic E-state index is 12.3. The van der Waals surface area contributed by atoms with Gasteiger partial charge in [-0.3, -0.25) is 0 Å². The summed E-state index contributed by atoms with van der Waals surface area (Å²) >= 11 is 0. The Morgan fingerprint density at radius 1 is 1.39 bits per heavy atom. The summed E-state index contributed by atoms with van der Waals surface area (Å²) in [6.07, 6.45) is 1.64. The summed E-state index contributed by atoms with van der Waals surface area (Å²) in [5.74, 6) is 0.723. The number of carbonyl (C=O) groups excluding carboxylic acids is 1. The predicted octanol–water partition coefficient (Wildman–Crippen LogP) is 2.21. The van der Waals surface area contributed by atoms with Gasteiger partial charge < -0.3 is 19.5 Å². The van der Waals surface area contributed by atoms with Gasteiger partial charge in [0.15, 0.2) is 5.82 Å². The van der Waals surface area contributed by atoms with Crippen LogP contribution in [0, 0.1) is 13.8 Å². The van der Waals surface area contributed by atoms with Crippen LogP contribution in [-0.4, -0.2) is 46.5 Å². The Morgan fingerprint density at radius 3 is 2.87 bits per heavy atom. The van der Waals surface area contributed by atoms with Gasteiger partial charge in [0.1, 0.15) is 6.33 Å². The standard InChI is InChI=1S/C16H23N5O2/c1-12-5-6-14(13(2)9-12)18-16(22)20(3)10-15-19-17-11-21(15)7-8-23-4/h5-6,9,11H,7-8,10H2,1-4H3,(H,18,22). The summed E-state index contributed by atoms with van der Waals surface area (Å²) in [4.78, 5) is 13.9. The lowest BCUT2D eigenvalue weighted by atomic mass is 10.1. The Labute approximate surface area is 136 Å². The SMILES string of the molecule is COCCn1cnnc1CN(C)C(=O)Nc1ccc(C)cc1C. The van der Waals surface area contributed by atoms with E-state index in [4.69, 9.17) is 4.74 Å². The Kier molecular flexibility index (Phi) is 5.70. The summed E-state index contributed by atoms with van der Waals surface area (Å²) in [5, 5.41) is 10.9. The first-order valence-corrected chi connectivity index (χ1v) is 7.46. The highest BCUT2D eigenvalue weighted by molar-refractivity contribution is 5.89. The summed E-state index contributed by atoms with van der Waals surface area (Å²) in [7, 11) is 3.38. The molecule has 23 heavy (non-hydrogen) atoms. The quantitative estimate of drug-likeness (QED) is 0.886. The maximum Gasteiger partial charge on any atom is 0.321 e. The first kappa shape index (κ1) is 17.0. The number of benzene rings is 1. The molecule has 1 aromatic carbocycles. The number of hydrogen-bond acceptors (Lipinski definition) is 4. The van der Waals surface area contributed by atoms with Crippen LogP contribution in [0.3, 0.4) is 0 Å². The fraction of sp³-hybridized carbons (Fsp3) is 0.438. The van der Waals surface area contributed by atoms with Crippen molar-refractivity contribution in [2.24, 2.45) is 0 Å². The monoisotopic (exact) mass is 317 g/mol. The number of nitrogens with one attached hydrogen (secondary N) is 1. The Balaban J connectivity index is 1.98. The zero-order chi connectivity index (χ0) is 16.8. The van der Waals surface area contributed by atoms with Crippen LogP contribution in [-0.2, 0) is 17.8 Å². The molecule has 7 nitrogen and oxygen atoms in total. The molecule has 2 rings (SSSR count). The van der Waals surface area contributed by atoms with Crippen LogP contribution in [0.15, 0.2) is 24.5 Å². The lowest BCUT2D eigenvalue weighted by molar-refractivity contribution is 0.184. The molecule has 0 fully saturated rings. The van der Waals surface area contributed by atoms with Gasteiger partial charge in [0, 0.05) is 26.4 Å². The van der Waals surface area contributed by atoms with Crippen molar-refractivity contribution in [1.82, 2.24) is 19.7 Å². The number of aryl methyl sites for hydroxylation is 2. The average molecular weight is 317 g/mol. The molecule has 0 unspecified atom stereocenters. The van der Waals surface area contributed by atoms with E-state index in [-0.39, 0.29) is 6.03 Å². The number of ether oxygens (including phenoxy) is 1. The molecule has 0 saturated heterocycles. The Hall–Kier alpha value is -2.41. The van der Waals surface area contributed by atoms with E-state index in [0.717, 1.165) is 17.1 Å². The Morgan fingerprint density at radius 2 is 2.17 bits per heavy atom. The molecule has 0 aliphatic heterocycles. The number of rotatable bonds is 6. The van der Waals surface area contributed by atoms with Crippen molar-refractivity contribution in [2.75, 3.05) is 26.1 Å². The molecule has 7 heteroatoms. The van der Waals surface area contributed by atoms with Gasteiger partial charge in [-0.25, -0.2) is 4.79 Å². The van der Waals surface area contributed by atoms with Crippen LogP contribution in [0.5, 0.6) is 0 Å². The van der Waals surface area contributed by atoms with Crippen LogP contribution < -0.4 is 5.32 Å². The number of carbonyl (C=O) groups is 1. The summed E-state index contributed by atoms with van der Waals surface area (Å²) in [6.45, 7) is 5.61. The highest BCUT2D eigenvalue weighted by Gasteiger charge is 2.14. The van der Waals surface area contributed by atoms with E-state index in [1.807, 2.05) is 36.6 Å². The smallest absolute Gasteiger partial charge is 0.321 e. The molecule has 0 aliphatic rings. The molecular formula is C16H23N5O2. The van der Waals surface area contributed by atoms with Gasteiger partial charge in [-0.15, -0.1) is 10.2 Å². The van der Waals surface area contributed by atoms with Crippen LogP contribution >= 0.6 is 0 Å². The number of methoxy groups -OCH3 is 1. The molecule has 0 bridgehead atoms. The summed E-state index contributed by atoms with van der Waals surface area (Å²) in [6, 6.07) is 5.75. The largest absolute Gasteiger partial charge is 0.383 e. The molecular weight excluding hydrogens is 294 g/mol. The summed E-state index contributed by atoms with van der Waals surface area (Å²) < 4.78 is 6.93. The second kappa shape index (κ2) is 7.73. The molecule has 2 amide bonds. The van der Waals surface area contributed by atoms with Gasteiger partial charge in [-0.05, 0) is 25.5 Å². The van der Waals surface area contributed by atoms with Crippen LogP contribution in [0.1, 0.15) is 17.0 Å². The predicted molar refractivity (Wildman–Crippen MR) is 88.3 cm³/mol. The third kappa shape index (κ3) is 4.53. The molecule has 124 valence electrons. The molecule has 0 aliphatic carbocycles. The van der Waals surface area contributed by atoms with Crippen molar-refractivity contribution in [3.63, 3.8) is 0 Å². The minimum absolute atomic E-state index is 0.182. The minimum Gasteiger partial charge on any atom is -0.383 e. The second-order valence-corrected chi connectivity index (χ2v) is 5.54.